The Balaban J connectivity index is 2.25. The first-order valence-corrected chi connectivity index (χ1v) is 6.15. The molecule has 0 fully saturated rings. The molecule has 1 aliphatic heterocycles. The molecule has 0 saturated carbocycles. The van der Waals surface area contributed by atoms with Crippen molar-refractivity contribution in [2.45, 2.75) is 38.6 Å². The topological polar surface area (TPSA) is 20.3 Å². The minimum Gasteiger partial charge on any atom is -0.338 e. The number of amides is 1. The van der Waals surface area contributed by atoms with E-state index in [1.165, 1.54) is 24.0 Å². The van der Waals surface area contributed by atoms with E-state index >= 15 is 0 Å². The number of carbonyl (C=O) groups excluding carboxylic acids is 1. The average Bonchev–Trinajstić information content (AvgIpc) is 2.35. The number of hydrogen-bond donors (Lipinski definition) is 0. The van der Waals surface area contributed by atoms with Gasteiger partial charge in [0, 0.05) is 6.54 Å². The summed E-state index contributed by atoms with van der Waals surface area (Å²) in [6.45, 7) is 3.06. The minimum atomic E-state index is 0.308. The number of hydrogen-bond acceptors (Lipinski definition) is 1. The van der Waals surface area contributed by atoms with E-state index < -0.39 is 0 Å². The highest BCUT2D eigenvalue weighted by atomic mass is 16.1. The molecule has 0 bridgehead atoms. The maximum atomic E-state index is 11.1. The fraction of sp³-hybridized carbons (Fsp3) is 0.500. The van der Waals surface area contributed by atoms with Gasteiger partial charge in [0.05, 0.1) is 6.04 Å². The zero-order valence-corrected chi connectivity index (χ0v) is 9.86. The minimum absolute atomic E-state index is 0.308. The SMILES string of the molecule is CCCCC1c2ccccc2CCN1C=O. The van der Waals surface area contributed by atoms with Crippen molar-refractivity contribution in [2.75, 3.05) is 6.54 Å². The summed E-state index contributed by atoms with van der Waals surface area (Å²) in [5.41, 5.74) is 2.77. The predicted octanol–water partition coefficient (Wildman–Crippen LogP) is 2.93. The molecule has 0 saturated heterocycles. The third-order valence-corrected chi connectivity index (χ3v) is 3.42. The Hall–Kier alpha value is -1.31. The first kappa shape index (κ1) is 11.2. The second-order valence-electron chi connectivity index (χ2n) is 4.45. The van der Waals surface area contributed by atoms with Crippen LogP contribution in [0.5, 0.6) is 0 Å². The molecule has 0 spiro atoms. The van der Waals surface area contributed by atoms with Gasteiger partial charge in [0.15, 0.2) is 0 Å². The largest absolute Gasteiger partial charge is 0.338 e. The molecule has 0 N–H and O–H groups in total. The van der Waals surface area contributed by atoms with Crippen LogP contribution in [-0.4, -0.2) is 17.9 Å². The van der Waals surface area contributed by atoms with Gasteiger partial charge < -0.3 is 4.90 Å². The summed E-state index contributed by atoms with van der Waals surface area (Å²) in [7, 11) is 0. The van der Waals surface area contributed by atoms with Crippen LogP contribution in [0.3, 0.4) is 0 Å². The van der Waals surface area contributed by atoms with Gasteiger partial charge in [-0.25, -0.2) is 0 Å². The summed E-state index contributed by atoms with van der Waals surface area (Å²) in [5, 5.41) is 0. The first-order chi connectivity index (χ1) is 7.86. The lowest BCUT2D eigenvalue weighted by molar-refractivity contribution is -0.120. The Morgan fingerprint density at radius 2 is 2.25 bits per heavy atom. The Bertz CT molecular complexity index is 362. The third-order valence-electron chi connectivity index (χ3n) is 3.42. The number of fused-ring (bicyclic) bond motifs is 1. The maximum absolute atomic E-state index is 11.1. The highest BCUT2D eigenvalue weighted by molar-refractivity contribution is 5.51. The molecule has 1 unspecified atom stereocenters. The lowest BCUT2D eigenvalue weighted by Gasteiger charge is -2.34. The maximum Gasteiger partial charge on any atom is 0.210 e. The van der Waals surface area contributed by atoms with Gasteiger partial charge in [0.2, 0.25) is 6.41 Å². The molecule has 1 amide bonds. The van der Waals surface area contributed by atoms with Gasteiger partial charge >= 0.3 is 0 Å². The fourth-order valence-corrected chi connectivity index (χ4v) is 2.52. The van der Waals surface area contributed by atoms with Crippen molar-refractivity contribution in [3.63, 3.8) is 0 Å². The second kappa shape index (κ2) is 5.15. The molecule has 86 valence electrons. The zero-order chi connectivity index (χ0) is 11.4. The lowest BCUT2D eigenvalue weighted by atomic mass is 9.90. The predicted molar refractivity (Wildman–Crippen MR) is 65.2 cm³/mol. The molecule has 1 aromatic carbocycles. The van der Waals surface area contributed by atoms with E-state index in [0.29, 0.717) is 6.04 Å². The lowest BCUT2D eigenvalue weighted by Crippen LogP contribution is -2.34. The van der Waals surface area contributed by atoms with E-state index in [0.717, 1.165) is 25.8 Å². The van der Waals surface area contributed by atoms with Crippen LogP contribution < -0.4 is 0 Å². The molecular weight excluding hydrogens is 198 g/mol. The Labute approximate surface area is 97.3 Å². The normalized spacial score (nSPS) is 19.3. The molecule has 0 aromatic heterocycles. The number of benzene rings is 1. The van der Waals surface area contributed by atoms with Crippen molar-refractivity contribution in [3.8, 4) is 0 Å². The number of unbranched alkanes of at least 4 members (excludes halogenated alkanes) is 1. The summed E-state index contributed by atoms with van der Waals surface area (Å²) in [6.07, 6.45) is 5.47. The smallest absolute Gasteiger partial charge is 0.210 e. The summed E-state index contributed by atoms with van der Waals surface area (Å²) in [5.74, 6) is 0. The number of nitrogens with zero attached hydrogens (tertiary/aromatic N) is 1. The molecule has 2 nitrogen and oxygen atoms in total. The summed E-state index contributed by atoms with van der Waals surface area (Å²) >= 11 is 0. The van der Waals surface area contributed by atoms with E-state index in [2.05, 4.69) is 31.2 Å². The van der Waals surface area contributed by atoms with Gasteiger partial charge in [-0.1, -0.05) is 44.0 Å². The highest BCUT2D eigenvalue weighted by Gasteiger charge is 2.24. The molecule has 2 rings (SSSR count). The molecule has 1 atom stereocenters. The summed E-state index contributed by atoms with van der Waals surface area (Å²) in [6, 6.07) is 8.84. The Morgan fingerprint density at radius 3 is 3.00 bits per heavy atom. The Morgan fingerprint density at radius 1 is 1.44 bits per heavy atom. The van der Waals surface area contributed by atoms with Crippen molar-refractivity contribution in [1.29, 1.82) is 0 Å². The van der Waals surface area contributed by atoms with Crippen LogP contribution >= 0.6 is 0 Å². The van der Waals surface area contributed by atoms with Crippen molar-refractivity contribution in [3.05, 3.63) is 35.4 Å². The second-order valence-corrected chi connectivity index (χ2v) is 4.45. The van der Waals surface area contributed by atoms with Crippen molar-refractivity contribution < 1.29 is 4.79 Å². The quantitative estimate of drug-likeness (QED) is 0.710. The van der Waals surface area contributed by atoms with Gasteiger partial charge in [0.25, 0.3) is 0 Å². The average molecular weight is 217 g/mol. The summed E-state index contributed by atoms with van der Waals surface area (Å²) < 4.78 is 0. The van der Waals surface area contributed by atoms with Crippen LogP contribution in [0.2, 0.25) is 0 Å². The van der Waals surface area contributed by atoms with E-state index in [1.807, 2.05) is 4.90 Å². The summed E-state index contributed by atoms with van der Waals surface area (Å²) in [4.78, 5) is 13.0. The molecular formula is C14H19NO. The molecule has 16 heavy (non-hydrogen) atoms. The van der Waals surface area contributed by atoms with Gasteiger partial charge in [-0.05, 0) is 24.0 Å². The standard InChI is InChI=1S/C14H19NO/c1-2-3-8-14-13-7-5-4-6-12(13)9-10-15(14)11-16/h4-7,11,14H,2-3,8-10H2,1H3. The van der Waals surface area contributed by atoms with Crippen LogP contribution in [0.25, 0.3) is 0 Å². The van der Waals surface area contributed by atoms with Gasteiger partial charge in [-0.15, -0.1) is 0 Å². The van der Waals surface area contributed by atoms with E-state index in [1.54, 1.807) is 0 Å². The molecule has 1 aliphatic rings. The molecule has 1 aromatic rings. The molecule has 2 heteroatoms. The molecule has 1 heterocycles. The highest BCUT2D eigenvalue weighted by Crippen LogP contribution is 2.32. The third kappa shape index (κ3) is 2.11. The van der Waals surface area contributed by atoms with Crippen LogP contribution in [0.1, 0.15) is 43.4 Å². The van der Waals surface area contributed by atoms with E-state index in [4.69, 9.17) is 0 Å². The Kier molecular flexibility index (Phi) is 3.60. The molecule has 0 aliphatic carbocycles. The first-order valence-electron chi connectivity index (χ1n) is 6.15. The van der Waals surface area contributed by atoms with Gasteiger partial charge in [-0.3, -0.25) is 4.79 Å². The van der Waals surface area contributed by atoms with Crippen LogP contribution in [-0.2, 0) is 11.2 Å². The van der Waals surface area contributed by atoms with Crippen molar-refractivity contribution in [1.82, 2.24) is 4.90 Å². The fourth-order valence-electron chi connectivity index (χ4n) is 2.52. The number of carbonyl (C=O) groups is 1. The van der Waals surface area contributed by atoms with Gasteiger partial charge in [-0.2, -0.15) is 0 Å². The van der Waals surface area contributed by atoms with Crippen molar-refractivity contribution in [2.24, 2.45) is 0 Å². The van der Waals surface area contributed by atoms with E-state index in [9.17, 15) is 4.79 Å². The van der Waals surface area contributed by atoms with Crippen LogP contribution in [0.4, 0.5) is 0 Å². The van der Waals surface area contributed by atoms with E-state index in [-0.39, 0.29) is 0 Å². The van der Waals surface area contributed by atoms with Gasteiger partial charge in [0.1, 0.15) is 0 Å². The number of rotatable bonds is 4. The van der Waals surface area contributed by atoms with Crippen LogP contribution in [0, 0.1) is 0 Å². The molecule has 0 radical (unpaired) electrons. The van der Waals surface area contributed by atoms with Crippen LogP contribution in [0.15, 0.2) is 24.3 Å². The zero-order valence-electron chi connectivity index (χ0n) is 9.86. The monoisotopic (exact) mass is 217 g/mol. The van der Waals surface area contributed by atoms with Crippen molar-refractivity contribution >= 4 is 6.41 Å².